The number of amides is 1. The summed E-state index contributed by atoms with van der Waals surface area (Å²) in [6.07, 6.45) is 4.13. The van der Waals surface area contributed by atoms with E-state index in [0.717, 1.165) is 10.1 Å². The van der Waals surface area contributed by atoms with E-state index in [1.165, 1.54) is 24.5 Å². The molecule has 3 aromatic rings. The molecule has 1 N–H and O–H groups in total. The van der Waals surface area contributed by atoms with Crippen molar-refractivity contribution < 1.29 is 18.7 Å². The van der Waals surface area contributed by atoms with Gasteiger partial charge in [0, 0.05) is 21.7 Å². The molecule has 0 radical (unpaired) electrons. The van der Waals surface area contributed by atoms with Gasteiger partial charge in [0.1, 0.15) is 10.7 Å². The average Bonchev–Trinajstić information content (AvgIpc) is 3.34. The zero-order valence-corrected chi connectivity index (χ0v) is 17.7. The van der Waals surface area contributed by atoms with Crippen molar-refractivity contribution >= 4 is 44.9 Å². The van der Waals surface area contributed by atoms with E-state index in [2.05, 4.69) is 5.32 Å². The number of carbonyl (C=O) groups excluding carboxylic acids is 2. The predicted octanol–water partition coefficient (Wildman–Crippen LogP) is 5.33. The predicted molar refractivity (Wildman–Crippen MR) is 116 cm³/mol. The molecule has 2 aromatic carbocycles. The summed E-state index contributed by atoms with van der Waals surface area (Å²) >= 11 is 7.74. The number of nitrogens with one attached hydrogen (secondary N) is 1. The van der Waals surface area contributed by atoms with Crippen LogP contribution in [0.4, 0.5) is 4.39 Å². The van der Waals surface area contributed by atoms with Crippen molar-refractivity contribution in [2.45, 2.75) is 18.4 Å². The van der Waals surface area contributed by atoms with Crippen molar-refractivity contribution in [2.24, 2.45) is 5.92 Å². The van der Waals surface area contributed by atoms with Crippen LogP contribution in [0.5, 0.6) is 0 Å². The minimum atomic E-state index is -0.776. The van der Waals surface area contributed by atoms with Crippen LogP contribution in [0.2, 0.25) is 5.02 Å². The largest absolute Gasteiger partial charge is 0.469 e. The molecule has 0 spiro atoms. The van der Waals surface area contributed by atoms with Crippen molar-refractivity contribution in [1.29, 1.82) is 0 Å². The molecule has 1 aliphatic rings. The minimum absolute atomic E-state index is 0.267. The highest BCUT2D eigenvalue weighted by Gasteiger charge is 2.35. The molecular formula is C23H19ClFNO3S. The van der Waals surface area contributed by atoms with E-state index >= 15 is 0 Å². The number of hydrogen-bond acceptors (Lipinski definition) is 4. The SMILES string of the molecule is COC(=O)[C@H](c1ccccc1F)[C@@H]1C=C[C@H](NC(=O)c2sc3ccccc3c2Cl)C1. The van der Waals surface area contributed by atoms with Crippen molar-refractivity contribution in [3.8, 4) is 0 Å². The van der Waals surface area contributed by atoms with E-state index < -0.39 is 17.7 Å². The van der Waals surface area contributed by atoms with Gasteiger partial charge in [-0.15, -0.1) is 11.3 Å². The standard InChI is InChI=1S/C23H19ClFNO3S/c1-29-23(28)19(15-6-2-4-8-17(15)25)13-10-11-14(12-13)26-22(27)21-20(24)16-7-3-5-9-18(16)30-21/h2-11,13-14,19H,12H2,1H3,(H,26,27)/t13-,14+,19+/m1/s1. The highest BCUT2D eigenvalue weighted by Crippen LogP contribution is 2.37. The summed E-state index contributed by atoms with van der Waals surface area (Å²) in [5, 5.41) is 4.24. The molecule has 154 valence electrons. The van der Waals surface area contributed by atoms with Crippen LogP contribution in [0, 0.1) is 11.7 Å². The first-order valence-corrected chi connectivity index (χ1v) is 10.7. The van der Waals surface area contributed by atoms with E-state index in [0.29, 0.717) is 21.9 Å². The second-order valence-electron chi connectivity index (χ2n) is 7.13. The molecule has 1 heterocycles. The van der Waals surface area contributed by atoms with E-state index in [1.54, 1.807) is 18.2 Å². The van der Waals surface area contributed by atoms with Crippen LogP contribution in [0.3, 0.4) is 0 Å². The Kier molecular flexibility index (Phi) is 5.88. The van der Waals surface area contributed by atoms with Gasteiger partial charge in [0.2, 0.25) is 0 Å². The second-order valence-corrected chi connectivity index (χ2v) is 8.56. The highest BCUT2D eigenvalue weighted by molar-refractivity contribution is 7.21. The van der Waals surface area contributed by atoms with Crippen molar-refractivity contribution in [1.82, 2.24) is 5.32 Å². The minimum Gasteiger partial charge on any atom is -0.469 e. The van der Waals surface area contributed by atoms with Crippen LogP contribution in [0.15, 0.2) is 60.7 Å². The molecule has 3 atom stereocenters. The lowest BCUT2D eigenvalue weighted by atomic mass is 9.85. The lowest BCUT2D eigenvalue weighted by molar-refractivity contribution is -0.143. The lowest BCUT2D eigenvalue weighted by Crippen LogP contribution is -2.33. The van der Waals surface area contributed by atoms with E-state index in [-0.39, 0.29) is 17.9 Å². The van der Waals surface area contributed by atoms with Gasteiger partial charge in [0.25, 0.3) is 5.91 Å². The lowest BCUT2D eigenvalue weighted by Gasteiger charge is -2.22. The summed E-state index contributed by atoms with van der Waals surface area (Å²) in [4.78, 5) is 25.7. The van der Waals surface area contributed by atoms with E-state index in [9.17, 15) is 14.0 Å². The van der Waals surface area contributed by atoms with Gasteiger partial charge in [-0.2, -0.15) is 0 Å². The molecule has 4 rings (SSSR count). The van der Waals surface area contributed by atoms with E-state index in [4.69, 9.17) is 16.3 Å². The highest BCUT2D eigenvalue weighted by atomic mass is 35.5. The molecule has 7 heteroatoms. The Morgan fingerprint density at radius 1 is 1.17 bits per heavy atom. The molecule has 4 nitrogen and oxygen atoms in total. The third-order valence-electron chi connectivity index (χ3n) is 5.30. The van der Waals surface area contributed by atoms with Gasteiger partial charge in [0.15, 0.2) is 0 Å². The van der Waals surface area contributed by atoms with Crippen molar-refractivity contribution in [2.75, 3.05) is 7.11 Å². The van der Waals surface area contributed by atoms with Gasteiger partial charge in [-0.25, -0.2) is 4.39 Å². The van der Waals surface area contributed by atoms with Crippen LogP contribution >= 0.6 is 22.9 Å². The maximum Gasteiger partial charge on any atom is 0.313 e. The average molecular weight is 444 g/mol. The normalized spacial score (nSPS) is 19.0. The number of carbonyl (C=O) groups is 2. The maximum atomic E-state index is 14.3. The first-order valence-electron chi connectivity index (χ1n) is 9.48. The molecule has 0 saturated carbocycles. The third-order valence-corrected chi connectivity index (χ3v) is 6.97. The second kappa shape index (κ2) is 8.58. The summed E-state index contributed by atoms with van der Waals surface area (Å²) in [6.45, 7) is 0. The fourth-order valence-electron chi connectivity index (χ4n) is 3.86. The van der Waals surface area contributed by atoms with Crippen LogP contribution in [-0.2, 0) is 9.53 Å². The molecule has 0 bridgehead atoms. The molecular weight excluding hydrogens is 425 g/mol. The molecule has 1 amide bonds. The maximum absolute atomic E-state index is 14.3. The third kappa shape index (κ3) is 3.85. The number of hydrogen-bond donors (Lipinski definition) is 1. The topological polar surface area (TPSA) is 55.4 Å². The number of rotatable bonds is 5. The number of methoxy groups -OCH3 is 1. The Morgan fingerprint density at radius 3 is 2.63 bits per heavy atom. The fraction of sp³-hybridized carbons (Fsp3) is 0.217. The molecule has 1 aliphatic carbocycles. The van der Waals surface area contributed by atoms with Gasteiger partial charge >= 0.3 is 5.97 Å². The van der Waals surface area contributed by atoms with Crippen LogP contribution in [-0.4, -0.2) is 25.0 Å². The Bertz CT molecular complexity index is 1140. The summed E-state index contributed by atoms with van der Waals surface area (Å²) < 4.78 is 20.2. The van der Waals surface area contributed by atoms with Crippen LogP contribution in [0.1, 0.15) is 27.6 Å². The van der Waals surface area contributed by atoms with Crippen molar-refractivity contribution in [3.05, 3.63) is 82.0 Å². The number of esters is 1. The fourth-order valence-corrected chi connectivity index (χ4v) is 5.28. The van der Waals surface area contributed by atoms with Crippen LogP contribution in [0.25, 0.3) is 10.1 Å². The summed E-state index contributed by atoms with van der Waals surface area (Å²) in [5.74, 6) is -2.29. The summed E-state index contributed by atoms with van der Waals surface area (Å²) in [5.41, 5.74) is 0.290. The Balaban J connectivity index is 1.51. The number of thiophene rings is 1. The van der Waals surface area contributed by atoms with Gasteiger partial charge < -0.3 is 10.1 Å². The van der Waals surface area contributed by atoms with Gasteiger partial charge in [-0.3, -0.25) is 9.59 Å². The molecule has 1 aromatic heterocycles. The molecule has 0 fully saturated rings. The first kappa shape index (κ1) is 20.6. The monoisotopic (exact) mass is 443 g/mol. The molecule has 0 saturated heterocycles. The smallest absolute Gasteiger partial charge is 0.313 e. The molecule has 0 unspecified atom stereocenters. The number of halogens is 2. The number of benzene rings is 2. The Labute approximate surface area is 182 Å². The number of fused-ring (bicyclic) bond motifs is 1. The Hall–Kier alpha value is -2.70. The van der Waals surface area contributed by atoms with Gasteiger partial charge in [-0.1, -0.05) is 60.2 Å². The zero-order valence-electron chi connectivity index (χ0n) is 16.1. The van der Waals surface area contributed by atoms with Gasteiger partial charge in [-0.05, 0) is 24.5 Å². The number of allylic oxidation sites excluding steroid dienone is 1. The molecule has 30 heavy (non-hydrogen) atoms. The first-order chi connectivity index (χ1) is 14.5. The Morgan fingerprint density at radius 2 is 1.90 bits per heavy atom. The van der Waals surface area contributed by atoms with E-state index in [1.807, 2.05) is 36.4 Å². The van der Waals surface area contributed by atoms with Gasteiger partial charge in [0.05, 0.1) is 18.1 Å². The quantitative estimate of drug-likeness (QED) is 0.428. The van der Waals surface area contributed by atoms with Crippen LogP contribution < -0.4 is 5.32 Å². The summed E-state index contributed by atoms with van der Waals surface area (Å²) in [7, 11) is 1.29. The summed E-state index contributed by atoms with van der Waals surface area (Å²) in [6, 6.07) is 13.5. The molecule has 0 aliphatic heterocycles. The number of ether oxygens (including phenoxy) is 1. The zero-order chi connectivity index (χ0) is 21.3. The van der Waals surface area contributed by atoms with Crippen molar-refractivity contribution in [3.63, 3.8) is 0 Å².